The maximum atomic E-state index is 11.5. The van der Waals surface area contributed by atoms with Gasteiger partial charge in [-0.1, -0.05) is 0 Å². The molecule has 1 saturated heterocycles. The first-order chi connectivity index (χ1) is 7.52. The van der Waals surface area contributed by atoms with Crippen molar-refractivity contribution >= 4 is 5.91 Å². The van der Waals surface area contributed by atoms with Crippen molar-refractivity contribution in [3.8, 4) is 0 Å². The van der Waals surface area contributed by atoms with Crippen LogP contribution in [0.5, 0.6) is 0 Å². The first-order valence-electron chi connectivity index (χ1n) is 5.03. The molecule has 0 aromatic carbocycles. The number of amides is 1. The average molecular weight is 235 g/mol. The van der Waals surface area contributed by atoms with E-state index in [0.717, 1.165) is 0 Å². The summed E-state index contributed by atoms with van der Waals surface area (Å²) in [5, 5.41) is 31.0. The van der Waals surface area contributed by atoms with Crippen molar-refractivity contribution < 1.29 is 29.6 Å². The van der Waals surface area contributed by atoms with Crippen LogP contribution in [0.1, 0.15) is 6.92 Å². The second-order valence-electron chi connectivity index (χ2n) is 3.53. The summed E-state index contributed by atoms with van der Waals surface area (Å²) in [4.78, 5) is 11.5. The summed E-state index contributed by atoms with van der Waals surface area (Å²) in [5.41, 5.74) is 0. The molecule has 1 aliphatic rings. The number of carbonyl (C=O) groups excluding carboxylic acids is 1. The standard InChI is InChI=1S/C9H17NO6/c1-3-10-8(14)7-5(12)4(11)6(13)9(15-2)16-7/h4-7,9,11-13H,3H2,1-2H3,(H,10,14)/t4-,5-,6?,7?,9-/m0/s1. The molecule has 1 rings (SSSR count). The Kier molecular flexibility index (Phi) is 4.63. The number of carbonyl (C=O) groups is 1. The van der Waals surface area contributed by atoms with Gasteiger partial charge in [0, 0.05) is 13.7 Å². The Morgan fingerprint density at radius 3 is 2.44 bits per heavy atom. The molecular formula is C9H17NO6. The highest BCUT2D eigenvalue weighted by Crippen LogP contribution is 2.21. The Labute approximate surface area is 93.0 Å². The number of hydrogen-bond acceptors (Lipinski definition) is 6. The van der Waals surface area contributed by atoms with Gasteiger partial charge >= 0.3 is 0 Å². The minimum atomic E-state index is -1.48. The Balaban J connectivity index is 2.74. The maximum absolute atomic E-state index is 11.5. The smallest absolute Gasteiger partial charge is 0.252 e. The third-order valence-corrected chi connectivity index (χ3v) is 2.41. The number of ether oxygens (including phenoxy) is 2. The number of rotatable bonds is 3. The summed E-state index contributed by atoms with van der Waals surface area (Å²) >= 11 is 0. The van der Waals surface area contributed by atoms with Gasteiger partial charge in [0.1, 0.15) is 18.3 Å². The highest BCUT2D eigenvalue weighted by atomic mass is 16.7. The zero-order chi connectivity index (χ0) is 12.3. The molecule has 0 bridgehead atoms. The number of aliphatic hydroxyl groups excluding tert-OH is 3. The predicted molar refractivity (Wildman–Crippen MR) is 52.4 cm³/mol. The SMILES string of the molecule is CCNC(=O)C1O[C@H](OC)C(O)[C@@H](O)[C@@H]1O. The number of likely N-dealkylation sites (N-methyl/N-ethyl adjacent to an activating group) is 1. The van der Waals surface area contributed by atoms with Gasteiger partial charge < -0.3 is 30.1 Å². The molecule has 1 heterocycles. The molecule has 0 spiro atoms. The van der Waals surface area contributed by atoms with E-state index in [9.17, 15) is 20.1 Å². The summed E-state index contributed by atoms with van der Waals surface area (Å²) in [6.07, 6.45) is -6.72. The van der Waals surface area contributed by atoms with Crippen LogP contribution >= 0.6 is 0 Å². The minimum absolute atomic E-state index is 0.377. The third kappa shape index (κ3) is 2.50. The molecule has 2 unspecified atom stereocenters. The molecule has 5 atom stereocenters. The van der Waals surface area contributed by atoms with E-state index in [-0.39, 0.29) is 0 Å². The molecule has 0 saturated carbocycles. The Hall–Kier alpha value is -0.730. The fraction of sp³-hybridized carbons (Fsp3) is 0.889. The quantitative estimate of drug-likeness (QED) is 0.433. The molecule has 7 heteroatoms. The summed E-state index contributed by atoms with van der Waals surface area (Å²) in [5.74, 6) is -0.553. The van der Waals surface area contributed by atoms with Crippen LogP contribution in [-0.4, -0.2) is 65.6 Å². The Morgan fingerprint density at radius 2 is 1.94 bits per heavy atom. The third-order valence-electron chi connectivity index (χ3n) is 2.41. The van der Waals surface area contributed by atoms with E-state index in [2.05, 4.69) is 5.32 Å². The molecular weight excluding hydrogens is 218 g/mol. The van der Waals surface area contributed by atoms with E-state index in [4.69, 9.17) is 9.47 Å². The summed E-state index contributed by atoms with van der Waals surface area (Å²) in [7, 11) is 1.27. The van der Waals surface area contributed by atoms with Crippen LogP contribution in [-0.2, 0) is 14.3 Å². The fourth-order valence-electron chi connectivity index (χ4n) is 1.53. The van der Waals surface area contributed by atoms with Crippen LogP contribution in [0, 0.1) is 0 Å². The molecule has 1 fully saturated rings. The van der Waals surface area contributed by atoms with Gasteiger partial charge in [-0.15, -0.1) is 0 Å². The highest BCUT2D eigenvalue weighted by molar-refractivity contribution is 5.81. The molecule has 4 N–H and O–H groups in total. The summed E-state index contributed by atoms with van der Waals surface area (Å²) < 4.78 is 9.81. The van der Waals surface area contributed by atoms with E-state index in [1.807, 2.05) is 0 Å². The van der Waals surface area contributed by atoms with Crippen LogP contribution in [0.25, 0.3) is 0 Å². The average Bonchev–Trinajstić information content (AvgIpc) is 2.27. The van der Waals surface area contributed by atoms with Gasteiger partial charge in [-0.2, -0.15) is 0 Å². The molecule has 94 valence electrons. The second-order valence-corrected chi connectivity index (χ2v) is 3.53. The van der Waals surface area contributed by atoms with E-state index < -0.39 is 36.6 Å². The first-order valence-corrected chi connectivity index (χ1v) is 5.03. The zero-order valence-electron chi connectivity index (χ0n) is 9.16. The van der Waals surface area contributed by atoms with Crippen LogP contribution in [0.15, 0.2) is 0 Å². The lowest BCUT2D eigenvalue weighted by molar-refractivity contribution is -0.283. The van der Waals surface area contributed by atoms with Gasteiger partial charge in [0.25, 0.3) is 5.91 Å². The van der Waals surface area contributed by atoms with E-state index in [1.54, 1.807) is 6.92 Å². The van der Waals surface area contributed by atoms with Crippen LogP contribution in [0.4, 0.5) is 0 Å². The van der Waals surface area contributed by atoms with Crippen molar-refractivity contribution in [3.05, 3.63) is 0 Å². The van der Waals surface area contributed by atoms with Crippen molar-refractivity contribution in [1.82, 2.24) is 5.32 Å². The monoisotopic (exact) mass is 235 g/mol. The Bertz CT molecular complexity index is 246. The Morgan fingerprint density at radius 1 is 1.31 bits per heavy atom. The van der Waals surface area contributed by atoms with Crippen molar-refractivity contribution in [2.75, 3.05) is 13.7 Å². The number of nitrogens with one attached hydrogen (secondary N) is 1. The predicted octanol–water partition coefficient (Wildman–Crippen LogP) is -2.42. The summed E-state index contributed by atoms with van der Waals surface area (Å²) in [6.45, 7) is 2.09. The van der Waals surface area contributed by atoms with Gasteiger partial charge in [0.2, 0.25) is 0 Å². The molecule has 7 nitrogen and oxygen atoms in total. The second kappa shape index (κ2) is 5.55. The molecule has 0 aromatic rings. The number of aliphatic hydroxyl groups is 3. The topological polar surface area (TPSA) is 108 Å². The maximum Gasteiger partial charge on any atom is 0.252 e. The van der Waals surface area contributed by atoms with E-state index >= 15 is 0 Å². The van der Waals surface area contributed by atoms with Crippen molar-refractivity contribution in [2.45, 2.75) is 37.6 Å². The highest BCUT2D eigenvalue weighted by Gasteiger charge is 2.46. The molecule has 1 amide bonds. The van der Waals surface area contributed by atoms with Gasteiger partial charge in [-0.3, -0.25) is 4.79 Å². The van der Waals surface area contributed by atoms with Gasteiger partial charge in [0.15, 0.2) is 12.4 Å². The fourth-order valence-corrected chi connectivity index (χ4v) is 1.53. The molecule has 1 aliphatic heterocycles. The van der Waals surface area contributed by atoms with Crippen molar-refractivity contribution in [1.29, 1.82) is 0 Å². The minimum Gasteiger partial charge on any atom is -0.387 e. The van der Waals surface area contributed by atoms with Gasteiger partial charge in [-0.25, -0.2) is 0 Å². The zero-order valence-corrected chi connectivity index (χ0v) is 9.16. The van der Waals surface area contributed by atoms with Crippen LogP contribution < -0.4 is 5.32 Å². The number of methoxy groups -OCH3 is 1. The lowest BCUT2D eigenvalue weighted by Crippen LogP contribution is -2.61. The van der Waals surface area contributed by atoms with Crippen molar-refractivity contribution in [2.24, 2.45) is 0 Å². The van der Waals surface area contributed by atoms with Crippen molar-refractivity contribution in [3.63, 3.8) is 0 Å². The molecule has 0 aromatic heterocycles. The largest absolute Gasteiger partial charge is 0.387 e. The van der Waals surface area contributed by atoms with Gasteiger partial charge in [-0.05, 0) is 6.92 Å². The lowest BCUT2D eigenvalue weighted by Gasteiger charge is -2.38. The molecule has 0 aliphatic carbocycles. The number of hydrogen-bond donors (Lipinski definition) is 4. The van der Waals surface area contributed by atoms with E-state index in [0.29, 0.717) is 6.54 Å². The molecule has 16 heavy (non-hydrogen) atoms. The first kappa shape index (κ1) is 13.3. The van der Waals surface area contributed by atoms with Gasteiger partial charge in [0.05, 0.1) is 0 Å². The van der Waals surface area contributed by atoms with Crippen LogP contribution in [0.2, 0.25) is 0 Å². The lowest BCUT2D eigenvalue weighted by atomic mass is 9.98. The normalized spacial score (nSPS) is 39.4. The van der Waals surface area contributed by atoms with E-state index in [1.165, 1.54) is 7.11 Å². The molecule has 0 radical (unpaired) electrons. The summed E-state index contributed by atoms with van der Waals surface area (Å²) in [6, 6.07) is 0. The van der Waals surface area contributed by atoms with Crippen LogP contribution in [0.3, 0.4) is 0 Å².